The molecule has 1 aromatic heterocycles. The van der Waals surface area contributed by atoms with Crippen molar-refractivity contribution < 1.29 is 0 Å². The third-order valence-electron chi connectivity index (χ3n) is 2.38. The molecule has 1 aromatic carbocycles. The summed E-state index contributed by atoms with van der Waals surface area (Å²) < 4.78 is 4.42. The molecule has 0 unspecified atom stereocenters. The number of hydrogen-bond donors (Lipinski definition) is 0. The standard InChI is InChI=1S/C12H7Br3N2/c13-10-9(6-16)11(14)17(12(10)15)7-8-4-2-1-3-5-8/h1-5H,7H2. The molecule has 0 saturated heterocycles. The van der Waals surface area contributed by atoms with Gasteiger partial charge in [0, 0.05) is 6.54 Å². The van der Waals surface area contributed by atoms with Crippen molar-refractivity contribution in [2.24, 2.45) is 0 Å². The van der Waals surface area contributed by atoms with Crippen LogP contribution in [0, 0.1) is 11.3 Å². The number of nitriles is 1. The second kappa shape index (κ2) is 5.38. The molecule has 0 radical (unpaired) electrons. The Hall–Kier alpha value is -0.570. The van der Waals surface area contributed by atoms with E-state index in [9.17, 15) is 0 Å². The van der Waals surface area contributed by atoms with Crippen LogP contribution in [0.25, 0.3) is 0 Å². The Labute approximate surface area is 125 Å². The van der Waals surface area contributed by atoms with E-state index in [2.05, 4.69) is 66.0 Å². The topological polar surface area (TPSA) is 28.7 Å². The minimum Gasteiger partial charge on any atom is -0.323 e. The molecule has 5 heteroatoms. The van der Waals surface area contributed by atoms with Gasteiger partial charge in [0.15, 0.2) is 0 Å². The summed E-state index contributed by atoms with van der Waals surface area (Å²) in [6.07, 6.45) is 0. The zero-order valence-electron chi connectivity index (χ0n) is 8.62. The van der Waals surface area contributed by atoms with Crippen LogP contribution in [0.3, 0.4) is 0 Å². The lowest BCUT2D eigenvalue weighted by Crippen LogP contribution is -2.00. The van der Waals surface area contributed by atoms with Crippen molar-refractivity contribution in [3.05, 3.63) is 55.1 Å². The van der Waals surface area contributed by atoms with Gasteiger partial charge >= 0.3 is 0 Å². The Morgan fingerprint density at radius 1 is 1.06 bits per heavy atom. The van der Waals surface area contributed by atoms with Gasteiger partial charge < -0.3 is 4.57 Å². The first-order chi connectivity index (χ1) is 8.15. The Balaban J connectivity index is 2.45. The van der Waals surface area contributed by atoms with Crippen molar-refractivity contribution >= 4 is 47.8 Å². The fourth-order valence-electron chi connectivity index (χ4n) is 1.53. The summed E-state index contributed by atoms with van der Waals surface area (Å²) in [6, 6.07) is 12.3. The van der Waals surface area contributed by atoms with Crippen molar-refractivity contribution in [1.82, 2.24) is 4.57 Å². The molecule has 17 heavy (non-hydrogen) atoms. The van der Waals surface area contributed by atoms with Gasteiger partial charge in [-0.15, -0.1) is 0 Å². The fraction of sp³-hybridized carbons (Fsp3) is 0.0833. The monoisotopic (exact) mass is 416 g/mol. The van der Waals surface area contributed by atoms with Gasteiger partial charge in [0.05, 0.1) is 10.0 Å². The van der Waals surface area contributed by atoms with E-state index in [1.807, 2.05) is 22.8 Å². The van der Waals surface area contributed by atoms with Crippen LogP contribution in [0.2, 0.25) is 0 Å². The highest BCUT2D eigenvalue weighted by molar-refractivity contribution is 9.13. The smallest absolute Gasteiger partial charge is 0.105 e. The summed E-state index contributed by atoms with van der Waals surface area (Å²) in [5.41, 5.74) is 1.79. The molecule has 86 valence electrons. The van der Waals surface area contributed by atoms with Gasteiger partial charge in [-0.1, -0.05) is 30.3 Å². The van der Waals surface area contributed by atoms with Crippen LogP contribution < -0.4 is 0 Å². The lowest BCUT2D eigenvalue weighted by atomic mass is 10.2. The van der Waals surface area contributed by atoms with Gasteiger partial charge in [-0.25, -0.2) is 0 Å². The Bertz CT molecular complexity index is 582. The molecule has 2 aromatic rings. The van der Waals surface area contributed by atoms with E-state index in [4.69, 9.17) is 5.26 Å². The maximum absolute atomic E-state index is 9.06. The van der Waals surface area contributed by atoms with Gasteiger partial charge in [0.25, 0.3) is 0 Å². The van der Waals surface area contributed by atoms with Crippen LogP contribution >= 0.6 is 47.8 Å². The Kier molecular flexibility index (Phi) is 4.08. The third kappa shape index (κ3) is 2.49. The highest BCUT2D eigenvalue weighted by Crippen LogP contribution is 2.35. The summed E-state index contributed by atoms with van der Waals surface area (Å²) in [6.45, 7) is 0.711. The summed E-state index contributed by atoms with van der Waals surface area (Å²) in [5, 5.41) is 9.06. The molecule has 0 spiro atoms. The molecule has 0 fully saturated rings. The molecule has 0 amide bonds. The average molecular weight is 419 g/mol. The van der Waals surface area contributed by atoms with E-state index < -0.39 is 0 Å². The van der Waals surface area contributed by atoms with E-state index >= 15 is 0 Å². The predicted molar refractivity (Wildman–Crippen MR) is 77.8 cm³/mol. The van der Waals surface area contributed by atoms with Gasteiger partial charge in [0.2, 0.25) is 0 Å². The van der Waals surface area contributed by atoms with Gasteiger partial charge in [-0.3, -0.25) is 0 Å². The molecular formula is C12H7Br3N2. The molecule has 0 aliphatic carbocycles. The minimum absolute atomic E-state index is 0.604. The number of benzene rings is 1. The quantitative estimate of drug-likeness (QED) is 0.695. The highest BCUT2D eigenvalue weighted by Gasteiger charge is 2.17. The van der Waals surface area contributed by atoms with Crippen LogP contribution in [-0.2, 0) is 6.54 Å². The summed E-state index contributed by atoms with van der Waals surface area (Å²) in [4.78, 5) is 0. The largest absolute Gasteiger partial charge is 0.323 e. The highest BCUT2D eigenvalue weighted by atomic mass is 79.9. The molecule has 0 saturated carbocycles. The van der Waals surface area contributed by atoms with Gasteiger partial charge in [0.1, 0.15) is 15.3 Å². The first-order valence-electron chi connectivity index (χ1n) is 4.82. The van der Waals surface area contributed by atoms with Crippen molar-refractivity contribution in [1.29, 1.82) is 5.26 Å². The number of hydrogen-bond acceptors (Lipinski definition) is 1. The van der Waals surface area contributed by atoms with Crippen molar-refractivity contribution in [3.8, 4) is 6.07 Å². The van der Waals surface area contributed by atoms with Gasteiger partial charge in [-0.2, -0.15) is 5.26 Å². The van der Waals surface area contributed by atoms with E-state index in [0.29, 0.717) is 12.1 Å². The normalized spacial score (nSPS) is 10.2. The maximum atomic E-state index is 9.06. The van der Waals surface area contributed by atoms with Crippen LogP contribution in [0.5, 0.6) is 0 Å². The number of nitrogens with zero attached hydrogens (tertiary/aromatic N) is 2. The molecule has 0 aliphatic rings. The number of aromatic nitrogens is 1. The summed E-state index contributed by atoms with van der Waals surface area (Å²) >= 11 is 10.3. The van der Waals surface area contributed by atoms with Crippen molar-refractivity contribution in [2.45, 2.75) is 6.54 Å². The first-order valence-corrected chi connectivity index (χ1v) is 7.20. The van der Waals surface area contributed by atoms with Crippen molar-refractivity contribution in [3.63, 3.8) is 0 Å². The third-order valence-corrected chi connectivity index (χ3v) is 5.33. The molecule has 0 aliphatic heterocycles. The first kappa shape index (κ1) is 12.9. The van der Waals surface area contributed by atoms with Crippen LogP contribution in [0.4, 0.5) is 0 Å². The second-order valence-corrected chi connectivity index (χ2v) is 5.75. The minimum atomic E-state index is 0.604. The average Bonchev–Trinajstić information content (AvgIpc) is 2.55. The zero-order chi connectivity index (χ0) is 12.4. The van der Waals surface area contributed by atoms with Crippen LogP contribution in [0.1, 0.15) is 11.1 Å². The Morgan fingerprint density at radius 3 is 2.24 bits per heavy atom. The molecule has 0 N–H and O–H groups in total. The molecule has 2 rings (SSSR count). The molecule has 1 heterocycles. The Morgan fingerprint density at radius 2 is 1.71 bits per heavy atom. The van der Waals surface area contributed by atoms with Gasteiger partial charge in [-0.05, 0) is 53.4 Å². The molecule has 2 nitrogen and oxygen atoms in total. The predicted octanol–water partition coefficient (Wildman–Crippen LogP) is 4.70. The second-order valence-electron chi connectivity index (χ2n) is 3.45. The van der Waals surface area contributed by atoms with E-state index in [0.717, 1.165) is 13.7 Å². The summed E-state index contributed by atoms with van der Waals surface area (Å²) in [5.74, 6) is 0. The van der Waals surface area contributed by atoms with E-state index in [1.54, 1.807) is 0 Å². The van der Waals surface area contributed by atoms with Crippen molar-refractivity contribution in [2.75, 3.05) is 0 Å². The SMILES string of the molecule is N#Cc1c(Br)c(Br)n(Cc2ccccc2)c1Br. The lowest BCUT2D eigenvalue weighted by molar-refractivity contribution is 0.767. The maximum Gasteiger partial charge on any atom is 0.105 e. The molecule has 0 bridgehead atoms. The zero-order valence-corrected chi connectivity index (χ0v) is 13.4. The fourth-order valence-corrected chi connectivity index (χ4v) is 3.62. The van der Waals surface area contributed by atoms with Crippen LogP contribution in [0.15, 0.2) is 44.0 Å². The van der Waals surface area contributed by atoms with E-state index in [1.165, 1.54) is 5.56 Å². The molecular weight excluding hydrogens is 412 g/mol. The van der Waals surface area contributed by atoms with E-state index in [-0.39, 0.29) is 0 Å². The number of halogens is 3. The van der Waals surface area contributed by atoms with Crippen LogP contribution in [-0.4, -0.2) is 4.57 Å². The summed E-state index contributed by atoms with van der Waals surface area (Å²) in [7, 11) is 0. The molecule has 0 atom stereocenters. The number of rotatable bonds is 2. The lowest BCUT2D eigenvalue weighted by Gasteiger charge is -2.07.